The zero-order valence-electron chi connectivity index (χ0n) is 19.1. The molecule has 7 nitrogen and oxygen atoms in total. The molecule has 176 valence electrons. The fourth-order valence-electron chi connectivity index (χ4n) is 3.79. The summed E-state index contributed by atoms with van der Waals surface area (Å²) in [7, 11) is 3.35. The van der Waals surface area contributed by atoms with Crippen molar-refractivity contribution >= 4 is 44.4 Å². The SMILES string of the molecule is COc1ccc(OC)c2sc(N3CCN(CCNC(=O)CCSc4ccccc4)CC3)nc12. The molecule has 0 atom stereocenters. The summed E-state index contributed by atoms with van der Waals surface area (Å²) in [6, 6.07) is 14.0. The summed E-state index contributed by atoms with van der Waals surface area (Å²) in [6.45, 7) is 5.27. The van der Waals surface area contributed by atoms with Gasteiger partial charge in [0.25, 0.3) is 0 Å². The number of thiazole rings is 1. The number of methoxy groups -OCH3 is 2. The second kappa shape index (κ2) is 11.6. The van der Waals surface area contributed by atoms with Crippen LogP contribution < -0.4 is 19.7 Å². The van der Waals surface area contributed by atoms with E-state index < -0.39 is 0 Å². The molecule has 1 saturated heterocycles. The van der Waals surface area contributed by atoms with Gasteiger partial charge in [-0.2, -0.15) is 0 Å². The fraction of sp³-hybridized carbons (Fsp3) is 0.417. The van der Waals surface area contributed by atoms with Crippen LogP contribution in [0.25, 0.3) is 10.2 Å². The molecule has 1 fully saturated rings. The van der Waals surface area contributed by atoms with E-state index in [1.165, 1.54) is 4.90 Å². The number of thioether (sulfide) groups is 1. The number of fused-ring (bicyclic) bond motifs is 1. The number of hydrogen-bond donors (Lipinski definition) is 1. The zero-order valence-corrected chi connectivity index (χ0v) is 20.7. The van der Waals surface area contributed by atoms with Gasteiger partial charge in [-0.05, 0) is 24.3 Å². The van der Waals surface area contributed by atoms with Gasteiger partial charge in [0.05, 0.1) is 14.2 Å². The lowest BCUT2D eigenvalue weighted by Gasteiger charge is -2.34. The van der Waals surface area contributed by atoms with E-state index in [4.69, 9.17) is 14.5 Å². The van der Waals surface area contributed by atoms with Crippen LogP contribution in [0.3, 0.4) is 0 Å². The van der Waals surface area contributed by atoms with Gasteiger partial charge in [0.1, 0.15) is 21.7 Å². The number of carbonyl (C=O) groups is 1. The first-order valence-electron chi connectivity index (χ1n) is 11.1. The lowest BCUT2D eigenvalue weighted by atomic mass is 10.3. The smallest absolute Gasteiger partial charge is 0.220 e. The van der Waals surface area contributed by atoms with E-state index in [9.17, 15) is 4.79 Å². The van der Waals surface area contributed by atoms with Crippen molar-refractivity contribution in [2.75, 3.05) is 64.1 Å². The number of benzene rings is 2. The Balaban J connectivity index is 1.20. The molecule has 4 rings (SSSR count). The van der Waals surface area contributed by atoms with E-state index in [1.807, 2.05) is 30.3 Å². The first-order valence-corrected chi connectivity index (χ1v) is 12.9. The second-order valence-corrected chi connectivity index (χ2v) is 9.88. The van der Waals surface area contributed by atoms with Gasteiger partial charge in [-0.25, -0.2) is 4.98 Å². The Hall–Kier alpha value is -2.49. The van der Waals surface area contributed by atoms with Crippen LogP contribution in [0.2, 0.25) is 0 Å². The van der Waals surface area contributed by atoms with Gasteiger partial charge in [-0.3, -0.25) is 9.69 Å². The minimum absolute atomic E-state index is 0.120. The Bertz CT molecular complexity index is 1010. The minimum Gasteiger partial charge on any atom is -0.495 e. The molecule has 1 aliphatic rings. The number of carbonyl (C=O) groups excluding carboxylic acids is 1. The van der Waals surface area contributed by atoms with E-state index in [1.54, 1.807) is 37.3 Å². The Labute approximate surface area is 203 Å². The number of ether oxygens (including phenoxy) is 2. The summed E-state index contributed by atoms with van der Waals surface area (Å²) < 4.78 is 12.0. The van der Waals surface area contributed by atoms with E-state index in [2.05, 4.69) is 27.2 Å². The van der Waals surface area contributed by atoms with Crippen LogP contribution in [0, 0.1) is 0 Å². The van der Waals surface area contributed by atoms with Crippen molar-refractivity contribution in [3.8, 4) is 11.5 Å². The van der Waals surface area contributed by atoms with E-state index >= 15 is 0 Å². The number of nitrogens with one attached hydrogen (secondary N) is 1. The number of anilines is 1. The van der Waals surface area contributed by atoms with Gasteiger partial charge < -0.3 is 19.7 Å². The first-order chi connectivity index (χ1) is 16.2. The van der Waals surface area contributed by atoms with Crippen molar-refractivity contribution in [2.24, 2.45) is 0 Å². The molecule has 0 saturated carbocycles. The predicted molar refractivity (Wildman–Crippen MR) is 136 cm³/mol. The predicted octanol–water partition coefficient (Wildman–Crippen LogP) is 3.73. The Kier molecular flexibility index (Phi) is 8.30. The third kappa shape index (κ3) is 6.10. The van der Waals surface area contributed by atoms with Crippen molar-refractivity contribution in [3.05, 3.63) is 42.5 Å². The summed E-state index contributed by atoms with van der Waals surface area (Å²) in [5.74, 6) is 2.51. The number of rotatable bonds is 10. The van der Waals surface area contributed by atoms with Crippen LogP contribution in [0.1, 0.15) is 6.42 Å². The average Bonchev–Trinajstić information content (AvgIpc) is 3.30. The standard InChI is InChI=1S/C24H30N4O3S2/c1-30-19-8-9-20(31-2)23-22(19)26-24(33-23)28-15-13-27(14-16-28)12-11-25-21(29)10-17-32-18-6-4-3-5-7-18/h3-9H,10-17H2,1-2H3,(H,25,29). The molecule has 1 N–H and O–H groups in total. The van der Waals surface area contributed by atoms with Crippen LogP contribution in [0.15, 0.2) is 47.4 Å². The largest absolute Gasteiger partial charge is 0.495 e. The Morgan fingerprint density at radius 3 is 2.52 bits per heavy atom. The molecule has 0 aliphatic carbocycles. The summed E-state index contributed by atoms with van der Waals surface area (Å²) in [6.07, 6.45) is 0.540. The maximum Gasteiger partial charge on any atom is 0.220 e. The number of aromatic nitrogens is 1. The average molecular weight is 487 g/mol. The number of nitrogens with zero attached hydrogens (tertiary/aromatic N) is 3. The van der Waals surface area contributed by atoms with Crippen molar-refractivity contribution in [1.29, 1.82) is 0 Å². The molecule has 2 aromatic carbocycles. The molecule has 33 heavy (non-hydrogen) atoms. The third-order valence-corrected chi connectivity index (χ3v) is 7.78. The van der Waals surface area contributed by atoms with Crippen LogP contribution in [0.4, 0.5) is 5.13 Å². The molecular formula is C24H30N4O3S2. The molecule has 2 heterocycles. The number of hydrogen-bond acceptors (Lipinski definition) is 8. The maximum atomic E-state index is 12.1. The number of piperazine rings is 1. The summed E-state index contributed by atoms with van der Waals surface area (Å²) >= 11 is 3.36. The van der Waals surface area contributed by atoms with E-state index in [0.717, 1.165) is 65.3 Å². The minimum atomic E-state index is 0.120. The molecule has 9 heteroatoms. The van der Waals surface area contributed by atoms with Gasteiger partial charge in [-0.1, -0.05) is 29.5 Å². The monoisotopic (exact) mass is 486 g/mol. The lowest BCUT2D eigenvalue weighted by Crippen LogP contribution is -2.48. The summed E-state index contributed by atoms with van der Waals surface area (Å²) in [4.78, 5) is 22.9. The Morgan fingerprint density at radius 2 is 1.79 bits per heavy atom. The van der Waals surface area contributed by atoms with Gasteiger partial charge in [-0.15, -0.1) is 11.8 Å². The van der Waals surface area contributed by atoms with Crippen molar-refractivity contribution in [2.45, 2.75) is 11.3 Å². The molecule has 3 aromatic rings. The number of amides is 1. The van der Waals surface area contributed by atoms with Crippen molar-refractivity contribution in [3.63, 3.8) is 0 Å². The summed E-state index contributed by atoms with van der Waals surface area (Å²) in [5, 5.41) is 4.05. The highest BCUT2D eigenvalue weighted by Crippen LogP contribution is 2.40. The van der Waals surface area contributed by atoms with E-state index in [0.29, 0.717) is 13.0 Å². The lowest BCUT2D eigenvalue weighted by molar-refractivity contribution is -0.120. The third-order valence-electron chi connectivity index (χ3n) is 5.63. The zero-order chi connectivity index (χ0) is 23.0. The van der Waals surface area contributed by atoms with Gasteiger partial charge in [0.15, 0.2) is 5.13 Å². The van der Waals surface area contributed by atoms with Crippen LogP contribution >= 0.6 is 23.1 Å². The van der Waals surface area contributed by atoms with Crippen LogP contribution in [-0.2, 0) is 4.79 Å². The molecular weight excluding hydrogens is 456 g/mol. The van der Waals surface area contributed by atoms with Crippen molar-refractivity contribution in [1.82, 2.24) is 15.2 Å². The van der Waals surface area contributed by atoms with Gasteiger partial charge in [0, 0.05) is 56.3 Å². The topological polar surface area (TPSA) is 66.9 Å². The quantitative estimate of drug-likeness (QED) is 0.438. The molecule has 1 aromatic heterocycles. The maximum absolute atomic E-state index is 12.1. The normalized spacial score (nSPS) is 14.4. The highest BCUT2D eigenvalue weighted by atomic mass is 32.2. The molecule has 1 amide bonds. The van der Waals surface area contributed by atoms with Gasteiger partial charge >= 0.3 is 0 Å². The van der Waals surface area contributed by atoms with Crippen LogP contribution in [0.5, 0.6) is 11.5 Å². The fourth-order valence-corrected chi connectivity index (χ4v) is 5.79. The first kappa shape index (κ1) is 23.7. The second-order valence-electron chi connectivity index (χ2n) is 7.73. The van der Waals surface area contributed by atoms with Gasteiger partial charge in [0.2, 0.25) is 5.91 Å². The molecule has 1 aliphatic heterocycles. The summed E-state index contributed by atoms with van der Waals surface area (Å²) in [5.41, 5.74) is 0.854. The molecule has 0 spiro atoms. The molecule has 0 radical (unpaired) electrons. The van der Waals surface area contributed by atoms with Crippen LogP contribution in [-0.4, -0.2) is 75.0 Å². The highest BCUT2D eigenvalue weighted by Gasteiger charge is 2.22. The molecule has 0 unspecified atom stereocenters. The highest BCUT2D eigenvalue weighted by molar-refractivity contribution is 7.99. The van der Waals surface area contributed by atoms with Crippen molar-refractivity contribution < 1.29 is 14.3 Å². The van der Waals surface area contributed by atoms with E-state index in [-0.39, 0.29) is 5.91 Å². The molecule has 0 bridgehead atoms. The Morgan fingerprint density at radius 1 is 1.06 bits per heavy atom.